The fourth-order valence-electron chi connectivity index (χ4n) is 1.40. The van der Waals surface area contributed by atoms with Gasteiger partial charge in [-0.1, -0.05) is 30.7 Å². The van der Waals surface area contributed by atoms with Crippen LogP contribution in [0.25, 0.3) is 0 Å². The summed E-state index contributed by atoms with van der Waals surface area (Å²) in [6, 6.07) is 1.34. The average molecular weight is 182 g/mol. The van der Waals surface area contributed by atoms with Crippen LogP contribution in [-0.4, -0.2) is 16.4 Å². The van der Waals surface area contributed by atoms with Crippen LogP contribution < -0.4 is 0 Å². The summed E-state index contributed by atoms with van der Waals surface area (Å²) < 4.78 is 5.40. The summed E-state index contributed by atoms with van der Waals surface area (Å²) in [5.41, 5.74) is 0. The van der Waals surface area contributed by atoms with E-state index in [1.54, 1.807) is 0 Å². The Labute approximate surface area is 77.4 Å². The van der Waals surface area contributed by atoms with E-state index in [0.717, 1.165) is 12.5 Å². The molecule has 12 heavy (non-hydrogen) atoms. The number of hydrogen-bond acceptors (Lipinski definition) is 1. The van der Waals surface area contributed by atoms with Gasteiger partial charge in [0.05, 0.1) is 0 Å². The van der Waals surface area contributed by atoms with Crippen molar-refractivity contribution in [2.24, 2.45) is 5.92 Å². The molecule has 1 aliphatic carbocycles. The van der Waals surface area contributed by atoms with Crippen molar-refractivity contribution < 1.29 is 4.43 Å². The first-order chi connectivity index (χ1) is 5.93. The highest BCUT2D eigenvalue weighted by molar-refractivity contribution is 6.26. The summed E-state index contributed by atoms with van der Waals surface area (Å²) in [5, 5.41) is 0. The zero-order valence-corrected chi connectivity index (χ0v) is 9.24. The minimum absolute atomic E-state index is 0.175. The van der Waals surface area contributed by atoms with Crippen molar-refractivity contribution in [2.45, 2.75) is 25.8 Å². The molecule has 0 spiro atoms. The van der Waals surface area contributed by atoms with Crippen LogP contribution in [0.4, 0.5) is 0 Å². The average Bonchev–Trinajstić information content (AvgIpc) is 2.57. The van der Waals surface area contributed by atoms with Crippen LogP contribution in [0.3, 0.4) is 0 Å². The van der Waals surface area contributed by atoms with Gasteiger partial charge in [-0.05, 0) is 25.3 Å². The molecule has 0 aromatic carbocycles. The first-order valence-electron chi connectivity index (χ1n) is 4.86. The van der Waals surface area contributed by atoms with E-state index in [0.29, 0.717) is 0 Å². The molecule has 0 aromatic heterocycles. The summed E-state index contributed by atoms with van der Waals surface area (Å²) in [6.07, 6.45) is 11.5. The van der Waals surface area contributed by atoms with E-state index in [4.69, 9.17) is 4.43 Å². The molecular weight excluding hydrogens is 164 g/mol. The Hall–Kier alpha value is -0.343. The Balaban J connectivity index is 1.89. The molecule has 0 aromatic rings. The zero-order chi connectivity index (χ0) is 8.65. The lowest BCUT2D eigenvalue weighted by molar-refractivity contribution is 0.358. The van der Waals surface area contributed by atoms with E-state index in [2.05, 4.69) is 31.2 Å². The molecule has 0 saturated heterocycles. The van der Waals surface area contributed by atoms with E-state index in [1.165, 1.54) is 18.9 Å². The molecule has 0 atom stereocenters. The third kappa shape index (κ3) is 3.88. The van der Waals surface area contributed by atoms with Gasteiger partial charge < -0.3 is 4.43 Å². The number of rotatable bonds is 6. The van der Waals surface area contributed by atoms with Gasteiger partial charge in [-0.2, -0.15) is 0 Å². The Morgan fingerprint density at radius 3 is 2.75 bits per heavy atom. The quantitative estimate of drug-likeness (QED) is 0.451. The van der Waals surface area contributed by atoms with Crippen molar-refractivity contribution in [3.05, 3.63) is 24.3 Å². The van der Waals surface area contributed by atoms with E-state index in [9.17, 15) is 0 Å². The summed E-state index contributed by atoms with van der Waals surface area (Å²) in [4.78, 5) is 0. The van der Waals surface area contributed by atoms with E-state index in [1.807, 2.05) is 0 Å². The second-order valence-electron chi connectivity index (χ2n) is 3.13. The number of hydrogen-bond donors (Lipinski definition) is 0. The minimum Gasteiger partial charge on any atom is -0.424 e. The molecule has 0 heterocycles. The maximum atomic E-state index is 5.40. The van der Waals surface area contributed by atoms with Gasteiger partial charge >= 0.3 is 0 Å². The van der Waals surface area contributed by atoms with Crippen molar-refractivity contribution >= 4 is 9.76 Å². The van der Waals surface area contributed by atoms with Crippen LogP contribution in [0, 0.1) is 5.92 Å². The van der Waals surface area contributed by atoms with Crippen LogP contribution >= 0.6 is 0 Å². The molecule has 0 fully saturated rings. The molecule has 1 nitrogen and oxygen atoms in total. The summed E-state index contributed by atoms with van der Waals surface area (Å²) in [5.74, 6) is 0.723. The largest absolute Gasteiger partial charge is 0.424 e. The van der Waals surface area contributed by atoms with Crippen molar-refractivity contribution in [3.63, 3.8) is 0 Å². The molecule has 2 heteroatoms. The van der Waals surface area contributed by atoms with Crippen LogP contribution in [0.5, 0.6) is 0 Å². The monoisotopic (exact) mass is 182 g/mol. The Morgan fingerprint density at radius 2 is 2.08 bits per heavy atom. The predicted molar refractivity (Wildman–Crippen MR) is 56.0 cm³/mol. The van der Waals surface area contributed by atoms with Gasteiger partial charge in [-0.25, -0.2) is 0 Å². The normalized spacial score (nSPS) is 17.1. The maximum Gasteiger partial charge on any atom is 0.161 e. The van der Waals surface area contributed by atoms with Crippen molar-refractivity contribution in [2.75, 3.05) is 6.61 Å². The Kier molecular flexibility index (Phi) is 5.04. The van der Waals surface area contributed by atoms with Gasteiger partial charge in [-0.3, -0.25) is 0 Å². The Morgan fingerprint density at radius 1 is 1.33 bits per heavy atom. The molecule has 0 amide bonds. The topological polar surface area (TPSA) is 9.23 Å². The summed E-state index contributed by atoms with van der Waals surface area (Å²) >= 11 is 0. The molecule has 1 aliphatic rings. The smallest absolute Gasteiger partial charge is 0.161 e. The molecular formula is C10H18OSi. The highest BCUT2D eigenvalue weighted by Gasteiger charge is 2.02. The van der Waals surface area contributed by atoms with E-state index < -0.39 is 0 Å². The summed E-state index contributed by atoms with van der Waals surface area (Å²) in [7, 11) is -0.175. The first kappa shape index (κ1) is 9.74. The molecule has 0 bridgehead atoms. The lowest BCUT2D eigenvalue weighted by Gasteiger charge is -2.04. The maximum absolute atomic E-state index is 5.40. The molecule has 0 unspecified atom stereocenters. The van der Waals surface area contributed by atoms with Crippen LogP contribution in [0.1, 0.15) is 19.8 Å². The Bertz CT molecular complexity index is 151. The van der Waals surface area contributed by atoms with Gasteiger partial charge in [0.1, 0.15) is 0 Å². The number of allylic oxidation sites excluding steroid dienone is 4. The molecule has 0 aliphatic heterocycles. The van der Waals surface area contributed by atoms with Crippen molar-refractivity contribution in [1.29, 1.82) is 0 Å². The lowest BCUT2D eigenvalue weighted by atomic mass is 10.1. The molecule has 0 N–H and O–H groups in total. The second kappa shape index (κ2) is 6.20. The first-order valence-corrected chi connectivity index (χ1v) is 6.44. The third-order valence-electron chi connectivity index (χ3n) is 2.11. The standard InChI is InChI=1S/C10H18OSi/c1-2-11-12-9-5-8-10-6-3-4-7-10/h3-4,6-7,10H,2,5,8-9,12H2,1H3. The van der Waals surface area contributed by atoms with Crippen molar-refractivity contribution in [3.8, 4) is 0 Å². The van der Waals surface area contributed by atoms with Gasteiger partial charge in [0.25, 0.3) is 0 Å². The van der Waals surface area contributed by atoms with Crippen LogP contribution in [0.2, 0.25) is 6.04 Å². The SMILES string of the molecule is CCO[SiH2]CCCC1C=CC=C1. The minimum atomic E-state index is -0.175. The molecule has 68 valence electrons. The highest BCUT2D eigenvalue weighted by atomic mass is 28.2. The van der Waals surface area contributed by atoms with E-state index in [-0.39, 0.29) is 9.76 Å². The van der Waals surface area contributed by atoms with Gasteiger partial charge in [0.2, 0.25) is 0 Å². The van der Waals surface area contributed by atoms with E-state index >= 15 is 0 Å². The van der Waals surface area contributed by atoms with Crippen LogP contribution in [0.15, 0.2) is 24.3 Å². The lowest BCUT2D eigenvalue weighted by Crippen LogP contribution is -1.98. The summed E-state index contributed by atoms with van der Waals surface area (Å²) in [6.45, 7) is 2.99. The predicted octanol–water partition coefficient (Wildman–Crippen LogP) is 2.05. The van der Waals surface area contributed by atoms with Gasteiger partial charge in [-0.15, -0.1) is 0 Å². The highest BCUT2D eigenvalue weighted by Crippen LogP contribution is 2.16. The molecule has 0 radical (unpaired) electrons. The van der Waals surface area contributed by atoms with Gasteiger partial charge in [0.15, 0.2) is 9.76 Å². The fourth-order valence-corrected chi connectivity index (χ4v) is 2.38. The third-order valence-corrected chi connectivity index (χ3v) is 3.59. The second-order valence-corrected chi connectivity index (χ2v) is 4.65. The molecule has 0 saturated carbocycles. The van der Waals surface area contributed by atoms with Crippen molar-refractivity contribution in [1.82, 2.24) is 0 Å². The van der Waals surface area contributed by atoms with Crippen LogP contribution in [-0.2, 0) is 4.43 Å². The zero-order valence-electron chi connectivity index (χ0n) is 7.83. The van der Waals surface area contributed by atoms with Gasteiger partial charge in [0, 0.05) is 6.61 Å². The molecule has 1 rings (SSSR count). The fraction of sp³-hybridized carbons (Fsp3) is 0.600.